The molecule has 2 aliphatic heterocycles. The Hall–Kier alpha value is -1.81. The fraction of sp³-hybridized carbons (Fsp3) is 0.650. The lowest BCUT2D eigenvalue weighted by molar-refractivity contribution is -0.127. The predicted octanol–water partition coefficient (Wildman–Crippen LogP) is 2.84. The molecule has 30 heavy (non-hydrogen) atoms. The van der Waals surface area contributed by atoms with Gasteiger partial charge in [-0.05, 0) is 56.5 Å². The highest BCUT2D eigenvalue weighted by Crippen LogP contribution is 2.33. The number of alkyl halides is 3. The van der Waals surface area contributed by atoms with Crippen LogP contribution >= 0.6 is 0 Å². The van der Waals surface area contributed by atoms with Crippen LogP contribution < -0.4 is 10.2 Å². The molecule has 2 aliphatic rings. The van der Waals surface area contributed by atoms with E-state index in [0.717, 1.165) is 32.3 Å². The zero-order valence-electron chi connectivity index (χ0n) is 17.2. The number of anilines is 2. The third kappa shape index (κ3) is 6.10. The minimum Gasteiger partial charge on any atom is -0.370 e. The molecule has 0 radical (unpaired) electrons. The average Bonchev–Trinajstić information content (AvgIpc) is 3.22. The summed E-state index contributed by atoms with van der Waals surface area (Å²) in [5.41, 5.74) is 0.609. The Morgan fingerprint density at radius 1 is 1.23 bits per heavy atom. The molecule has 168 valence electrons. The molecule has 1 aromatic carbocycles. The molecule has 0 saturated carbocycles. The molecule has 2 heterocycles. The summed E-state index contributed by atoms with van der Waals surface area (Å²) < 4.78 is 61.9. The number of amides is 1. The van der Waals surface area contributed by atoms with E-state index in [2.05, 4.69) is 22.0 Å². The van der Waals surface area contributed by atoms with Crippen LogP contribution in [0.1, 0.15) is 31.7 Å². The lowest BCUT2D eigenvalue weighted by Gasteiger charge is -2.29. The van der Waals surface area contributed by atoms with Gasteiger partial charge in [-0.1, -0.05) is 0 Å². The van der Waals surface area contributed by atoms with Crippen molar-refractivity contribution in [2.75, 3.05) is 41.9 Å². The van der Waals surface area contributed by atoms with Crippen molar-refractivity contribution in [1.82, 2.24) is 4.90 Å². The van der Waals surface area contributed by atoms with E-state index in [9.17, 15) is 26.4 Å². The number of hydrogen-bond acceptors (Lipinski definition) is 5. The maximum absolute atomic E-state index is 13.1. The molecule has 2 saturated heterocycles. The fourth-order valence-corrected chi connectivity index (χ4v) is 4.98. The standard InChI is InChI=1S/C20H28F3N3O3S/c1-14-4-3-8-26(14)17-7-9-25(12-17)16-5-6-18(15(10-16)11-20(21,22)23)24-19(27)13-30(2,28)29/h5-6,10,14,17H,3-4,7-9,11-13H2,1-2H3,(H,24,27). The topological polar surface area (TPSA) is 69.7 Å². The van der Waals surface area contributed by atoms with Crippen molar-refractivity contribution in [3.8, 4) is 0 Å². The van der Waals surface area contributed by atoms with Gasteiger partial charge < -0.3 is 10.2 Å². The highest BCUT2D eigenvalue weighted by molar-refractivity contribution is 7.91. The summed E-state index contributed by atoms with van der Waals surface area (Å²) in [7, 11) is -3.58. The van der Waals surface area contributed by atoms with Crippen molar-refractivity contribution in [1.29, 1.82) is 0 Å². The first-order chi connectivity index (χ1) is 13.9. The van der Waals surface area contributed by atoms with Crippen molar-refractivity contribution in [2.45, 2.75) is 50.9 Å². The van der Waals surface area contributed by atoms with Gasteiger partial charge in [-0.3, -0.25) is 9.69 Å². The molecule has 0 aliphatic carbocycles. The van der Waals surface area contributed by atoms with Gasteiger partial charge in [0.1, 0.15) is 5.75 Å². The summed E-state index contributed by atoms with van der Waals surface area (Å²) in [4.78, 5) is 16.5. The zero-order chi connectivity index (χ0) is 22.1. The number of hydrogen-bond donors (Lipinski definition) is 1. The Kier molecular flexibility index (Phi) is 6.66. The van der Waals surface area contributed by atoms with Crippen molar-refractivity contribution >= 4 is 27.1 Å². The molecule has 2 fully saturated rings. The molecule has 1 amide bonds. The maximum Gasteiger partial charge on any atom is 0.393 e. The number of rotatable bonds is 6. The van der Waals surface area contributed by atoms with Crippen LogP contribution in [0.15, 0.2) is 18.2 Å². The second-order valence-electron chi connectivity index (χ2n) is 8.37. The normalized spacial score (nSPS) is 23.2. The Labute approximate surface area is 175 Å². The third-order valence-corrected chi connectivity index (χ3v) is 6.54. The van der Waals surface area contributed by atoms with E-state index < -0.39 is 34.1 Å². The Morgan fingerprint density at radius 2 is 1.97 bits per heavy atom. The molecule has 3 rings (SSSR count). The third-order valence-electron chi connectivity index (χ3n) is 5.75. The van der Waals surface area contributed by atoms with Crippen LogP contribution in [-0.2, 0) is 21.1 Å². The van der Waals surface area contributed by atoms with Gasteiger partial charge in [0.05, 0.1) is 6.42 Å². The number of likely N-dealkylation sites (tertiary alicyclic amines) is 1. The van der Waals surface area contributed by atoms with Crippen LogP contribution in [0.5, 0.6) is 0 Å². The van der Waals surface area contributed by atoms with Crippen LogP contribution in [-0.4, -0.2) is 69.1 Å². The molecule has 0 aromatic heterocycles. The summed E-state index contributed by atoms with van der Waals surface area (Å²) >= 11 is 0. The Bertz CT molecular complexity index is 889. The highest BCUT2D eigenvalue weighted by atomic mass is 32.2. The quantitative estimate of drug-likeness (QED) is 0.726. The lowest BCUT2D eigenvalue weighted by Crippen LogP contribution is -2.39. The predicted molar refractivity (Wildman–Crippen MR) is 111 cm³/mol. The van der Waals surface area contributed by atoms with E-state index in [1.165, 1.54) is 25.0 Å². The van der Waals surface area contributed by atoms with Crippen molar-refractivity contribution in [2.24, 2.45) is 0 Å². The summed E-state index contributed by atoms with van der Waals surface area (Å²) in [6.07, 6.45) is -1.43. The number of sulfone groups is 1. The molecule has 0 spiro atoms. The van der Waals surface area contributed by atoms with Crippen molar-refractivity contribution < 1.29 is 26.4 Å². The van der Waals surface area contributed by atoms with E-state index >= 15 is 0 Å². The van der Waals surface area contributed by atoms with E-state index in [1.807, 2.05) is 0 Å². The van der Waals surface area contributed by atoms with Gasteiger partial charge in [0.25, 0.3) is 0 Å². The van der Waals surface area contributed by atoms with Crippen LogP contribution in [0.25, 0.3) is 0 Å². The van der Waals surface area contributed by atoms with E-state index in [0.29, 0.717) is 17.8 Å². The highest BCUT2D eigenvalue weighted by Gasteiger charge is 2.34. The molecule has 6 nitrogen and oxygen atoms in total. The van der Waals surface area contributed by atoms with Gasteiger partial charge in [-0.15, -0.1) is 0 Å². The molecule has 1 aromatic rings. The number of carbonyl (C=O) groups excluding carboxylic acids is 1. The van der Waals surface area contributed by atoms with Crippen LogP contribution in [0.4, 0.5) is 24.5 Å². The Morgan fingerprint density at radius 3 is 2.57 bits per heavy atom. The van der Waals surface area contributed by atoms with Crippen LogP contribution in [0.3, 0.4) is 0 Å². The molecule has 2 atom stereocenters. The minimum absolute atomic E-state index is 0.00589. The van der Waals surface area contributed by atoms with Gasteiger partial charge in [0, 0.05) is 42.8 Å². The van der Waals surface area contributed by atoms with Gasteiger partial charge in [0.2, 0.25) is 5.91 Å². The number of benzene rings is 1. The zero-order valence-corrected chi connectivity index (χ0v) is 18.0. The summed E-state index contributed by atoms with van der Waals surface area (Å²) in [5.74, 6) is -1.62. The molecule has 2 unspecified atom stereocenters. The smallest absolute Gasteiger partial charge is 0.370 e. The number of carbonyl (C=O) groups is 1. The minimum atomic E-state index is -4.45. The van der Waals surface area contributed by atoms with Gasteiger partial charge in [0.15, 0.2) is 9.84 Å². The van der Waals surface area contributed by atoms with Gasteiger partial charge in [-0.25, -0.2) is 8.42 Å². The first kappa shape index (κ1) is 22.9. The van der Waals surface area contributed by atoms with Crippen LogP contribution in [0, 0.1) is 0 Å². The number of nitrogens with zero attached hydrogens (tertiary/aromatic N) is 2. The first-order valence-electron chi connectivity index (χ1n) is 10.1. The second kappa shape index (κ2) is 8.74. The molecule has 1 N–H and O–H groups in total. The monoisotopic (exact) mass is 447 g/mol. The van der Waals surface area contributed by atoms with Crippen molar-refractivity contribution in [3.63, 3.8) is 0 Å². The second-order valence-corrected chi connectivity index (χ2v) is 10.5. The van der Waals surface area contributed by atoms with E-state index in [1.54, 1.807) is 6.07 Å². The van der Waals surface area contributed by atoms with Gasteiger partial charge in [-0.2, -0.15) is 13.2 Å². The summed E-state index contributed by atoms with van der Waals surface area (Å²) in [5, 5.41) is 2.32. The Balaban J connectivity index is 1.78. The summed E-state index contributed by atoms with van der Waals surface area (Å²) in [6, 6.07) is 5.50. The van der Waals surface area contributed by atoms with E-state index in [-0.39, 0.29) is 11.3 Å². The molecular weight excluding hydrogens is 419 g/mol. The molecule has 10 heteroatoms. The lowest BCUT2D eigenvalue weighted by atomic mass is 10.1. The SMILES string of the molecule is CC1CCCN1C1CCN(c2ccc(NC(=O)CS(C)(=O)=O)c(CC(F)(F)F)c2)C1. The number of halogens is 3. The van der Waals surface area contributed by atoms with Gasteiger partial charge >= 0.3 is 6.18 Å². The average molecular weight is 448 g/mol. The first-order valence-corrected chi connectivity index (χ1v) is 12.2. The molecule has 0 bridgehead atoms. The van der Waals surface area contributed by atoms with Crippen molar-refractivity contribution in [3.05, 3.63) is 23.8 Å². The van der Waals surface area contributed by atoms with E-state index in [4.69, 9.17) is 0 Å². The number of nitrogens with one attached hydrogen (secondary N) is 1. The maximum atomic E-state index is 13.1. The fourth-order valence-electron chi connectivity index (χ4n) is 4.43. The van der Waals surface area contributed by atoms with Crippen LogP contribution in [0.2, 0.25) is 0 Å². The summed E-state index contributed by atoms with van der Waals surface area (Å²) in [6.45, 7) is 4.80. The molecular formula is C20H28F3N3O3S. The largest absolute Gasteiger partial charge is 0.393 e.